The third kappa shape index (κ3) is 5.06. The fourth-order valence-corrected chi connectivity index (χ4v) is 1.71. The molecule has 0 aliphatic heterocycles. The van der Waals surface area contributed by atoms with E-state index in [4.69, 9.17) is 4.74 Å². The lowest BCUT2D eigenvalue weighted by atomic mass is 10.0. The summed E-state index contributed by atoms with van der Waals surface area (Å²) in [6.07, 6.45) is -7.49. The number of aliphatic hydroxyl groups excluding tert-OH is 1. The molecule has 2 atom stereocenters. The summed E-state index contributed by atoms with van der Waals surface area (Å²) in [5.74, 6) is 0. The predicted octanol–water partition coefficient (Wildman–Crippen LogP) is 3.47. The Kier molecular flexibility index (Phi) is 5.62. The molecular formula is C13H17F3O2. The summed E-state index contributed by atoms with van der Waals surface area (Å²) in [7, 11) is 0. The highest BCUT2D eigenvalue weighted by Gasteiger charge is 2.30. The Labute approximate surface area is 104 Å². The molecule has 1 aromatic carbocycles. The summed E-state index contributed by atoms with van der Waals surface area (Å²) >= 11 is 0. The molecule has 5 heteroatoms. The number of alkyl halides is 3. The van der Waals surface area contributed by atoms with Gasteiger partial charge in [-0.3, -0.25) is 0 Å². The van der Waals surface area contributed by atoms with Crippen LogP contribution in [0.25, 0.3) is 0 Å². The summed E-state index contributed by atoms with van der Waals surface area (Å²) in [5.41, 5.74) is 0.689. The van der Waals surface area contributed by atoms with E-state index in [1.807, 2.05) is 0 Å². The summed E-state index contributed by atoms with van der Waals surface area (Å²) in [5, 5.41) is 9.83. The van der Waals surface area contributed by atoms with Crippen molar-refractivity contribution in [1.29, 1.82) is 0 Å². The molecule has 2 unspecified atom stereocenters. The standard InChI is InChI=1S/C13H17F3O2/c1-2-18-12(10-6-4-3-5-7-10)11(17)8-9-13(14,15)16/h3-7,11-12,17H,2,8-9H2,1H3. The van der Waals surface area contributed by atoms with Crippen molar-refractivity contribution in [3.63, 3.8) is 0 Å². The maximum absolute atomic E-state index is 12.1. The molecule has 1 N–H and O–H groups in total. The first kappa shape index (κ1) is 15.0. The van der Waals surface area contributed by atoms with Gasteiger partial charge in [0.25, 0.3) is 0 Å². The van der Waals surface area contributed by atoms with Gasteiger partial charge in [0, 0.05) is 13.0 Å². The Bertz CT molecular complexity index is 338. The number of hydrogen-bond donors (Lipinski definition) is 1. The number of benzene rings is 1. The van der Waals surface area contributed by atoms with E-state index in [0.29, 0.717) is 12.2 Å². The molecule has 0 fully saturated rings. The van der Waals surface area contributed by atoms with E-state index in [1.165, 1.54) is 0 Å². The molecule has 0 spiro atoms. The zero-order valence-electron chi connectivity index (χ0n) is 10.2. The monoisotopic (exact) mass is 262 g/mol. The molecular weight excluding hydrogens is 245 g/mol. The first-order valence-electron chi connectivity index (χ1n) is 5.85. The first-order valence-corrected chi connectivity index (χ1v) is 5.85. The van der Waals surface area contributed by atoms with Crippen molar-refractivity contribution in [3.05, 3.63) is 35.9 Å². The van der Waals surface area contributed by atoms with Gasteiger partial charge in [-0.2, -0.15) is 13.2 Å². The Morgan fingerprint density at radius 2 is 1.83 bits per heavy atom. The van der Waals surface area contributed by atoms with Crippen LogP contribution in [-0.4, -0.2) is 24.0 Å². The number of ether oxygens (including phenoxy) is 1. The molecule has 0 amide bonds. The molecule has 0 saturated heterocycles. The average Bonchev–Trinajstić information content (AvgIpc) is 2.33. The van der Waals surface area contributed by atoms with Crippen LogP contribution in [0.3, 0.4) is 0 Å². The Hall–Kier alpha value is -1.07. The van der Waals surface area contributed by atoms with Crippen molar-refractivity contribution < 1.29 is 23.0 Å². The van der Waals surface area contributed by atoms with E-state index in [9.17, 15) is 18.3 Å². The molecule has 0 bridgehead atoms. The molecule has 2 nitrogen and oxygen atoms in total. The zero-order valence-corrected chi connectivity index (χ0v) is 10.2. The van der Waals surface area contributed by atoms with Crippen molar-refractivity contribution in [2.45, 2.75) is 38.1 Å². The molecule has 1 rings (SSSR count). The first-order chi connectivity index (χ1) is 8.44. The van der Waals surface area contributed by atoms with Crippen molar-refractivity contribution in [2.24, 2.45) is 0 Å². The van der Waals surface area contributed by atoms with Crippen LogP contribution >= 0.6 is 0 Å². The Morgan fingerprint density at radius 3 is 2.33 bits per heavy atom. The molecule has 1 aromatic rings. The molecule has 0 aliphatic rings. The molecule has 0 saturated carbocycles. The second kappa shape index (κ2) is 6.75. The highest BCUT2D eigenvalue weighted by atomic mass is 19.4. The normalized spacial score (nSPS) is 15.4. The van der Waals surface area contributed by atoms with E-state index >= 15 is 0 Å². The van der Waals surface area contributed by atoms with Gasteiger partial charge in [0.15, 0.2) is 0 Å². The number of rotatable bonds is 6. The highest BCUT2D eigenvalue weighted by Crippen LogP contribution is 2.28. The predicted molar refractivity (Wildman–Crippen MR) is 62.1 cm³/mol. The van der Waals surface area contributed by atoms with Crippen LogP contribution in [0.5, 0.6) is 0 Å². The fourth-order valence-electron chi connectivity index (χ4n) is 1.71. The lowest BCUT2D eigenvalue weighted by Gasteiger charge is -2.23. The van der Waals surface area contributed by atoms with Crippen molar-refractivity contribution >= 4 is 0 Å². The second-order valence-corrected chi connectivity index (χ2v) is 4.01. The third-order valence-electron chi connectivity index (χ3n) is 2.55. The van der Waals surface area contributed by atoms with Gasteiger partial charge in [-0.15, -0.1) is 0 Å². The van der Waals surface area contributed by atoms with E-state index in [2.05, 4.69) is 0 Å². The highest BCUT2D eigenvalue weighted by molar-refractivity contribution is 5.18. The van der Waals surface area contributed by atoms with Crippen LogP contribution in [0.1, 0.15) is 31.4 Å². The topological polar surface area (TPSA) is 29.5 Å². The lowest BCUT2D eigenvalue weighted by molar-refractivity contribution is -0.145. The molecule has 102 valence electrons. The van der Waals surface area contributed by atoms with Crippen LogP contribution < -0.4 is 0 Å². The number of hydrogen-bond acceptors (Lipinski definition) is 2. The Balaban J connectivity index is 2.67. The molecule has 0 radical (unpaired) electrons. The van der Waals surface area contributed by atoms with Gasteiger partial charge in [-0.25, -0.2) is 0 Å². The van der Waals surface area contributed by atoms with Crippen LogP contribution in [0.15, 0.2) is 30.3 Å². The van der Waals surface area contributed by atoms with E-state index in [1.54, 1.807) is 37.3 Å². The zero-order chi connectivity index (χ0) is 13.6. The number of aliphatic hydroxyl groups is 1. The van der Waals surface area contributed by atoms with Crippen LogP contribution in [0.4, 0.5) is 13.2 Å². The quantitative estimate of drug-likeness (QED) is 0.850. The van der Waals surface area contributed by atoms with Gasteiger partial charge in [-0.1, -0.05) is 30.3 Å². The largest absolute Gasteiger partial charge is 0.390 e. The second-order valence-electron chi connectivity index (χ2n) is 4.01. The van der Waals surface area contributed by atoms with Gasteiger partial charge < -0.3 is 9.84 Å². The van der Waals surface area contributed by atoms with Crippen molar-refractivity contribution in [1.82, 2.24) is 0 Å². The summed E-state index contributed by atoms with van der Waals surface area (Å²) < 4.78 is 41.7. The van der Waals surface area contributed by atoms with Crippen LogP contribution in [0, 0.1) is 0 Å². The van der Waals surface area contributed by atoms with Gasteiger partial charge in [0.1, 0.15) is 6.10 Å². The SMILES string of the molecule is CCOC(c1ccccc1)C(O)CCC(F)(F)F. The minimum absolute atomic E-state index is 0.336. The summed E-state index contributed by atoms with van der Waals surface area (Å²) in [6, 6.07) is 8.79. The smallest absolute Gasteiger partial charge is 0.389 e. The molecule has 0 aliphatic carbocycles. The molecule has 0 aromatic heterocycles. The van der Waals surface area contributed by atoms with Gasteiger partial charge in [0.2, 0.25) is 0 Å². The van der Waals surface area contributed by atoms with E-state index < -0.39 is 24.8 Å². The lowest BCUT2D eigenvalue weighted by Crippen LogP contribution is -2.23. The molecule has 18 heavy (non-hydrogen) atoms. The van der Waals surface area contributed by atoms with Gasteiger partial charge in [-0.05, 0) is 18.9 Å². The minimum Gasteiger partial charge on any atom is -0.390 e. The average molecular weight is 262 g/mol. The summed E-state index contributed by atoms with van der Waals surface area (Å²) in [4.78, 5) is 0. The Morgan fingerprint density at radius 1 is 1.22 bits per heavy atom. The minimum atomic E-state index is -4.26. The maximum Gasteiger partial charge on any atom is 0.389 e. The fraction of sp³-hybridized carbons (Fsp3) is 0.538. The molecule has 0 heterocycles. The third-order valence-corrected chi connectivity index (χ3v) is 2.55. The van der Waals surface area contributed by atoms with Crippen LogP contribution in [-0.2, 0) is 4.74 Å². The number of halogens is 3. The maximum atomic E-state index is 12.1. The van der Waals surface area contributed by atoms with Crippen LogP contribution in [0.2, 0.25) is 0 Å². The van der Waals surface area contributed by atoms with Crippen molar-refractivity contribution in [3.8, 4) is 0 Å². The summed E-state index contributed by atoms with van der Waals surface area (Å²) in [6.45, 7) is 2.08. The van der Waals surface area contributed by atoms with Gasteiger partial charge in [0.05, 0.1) is 6.10 Å². The van der Waals surface area contributed by atoms with E-state index in [-0.39, 0.29) is 6.42 Å². The van der Waals surface area contributed by atoms with Crippen molar-refractivity contribution in [2.75, 3.05) is 6.61 Å². The van der Waals surface area contributed by atoms with Gasteiger partial charge >= 0.3 is 6.18 Å². The van der Waals surface area contributed by atoms with E-state index in [0.717, 1.165) is 0 Å².